The van der Waals surface area contributed by atoms with Gasteiger partial charge in [-0.2, -0.15) is 4.98 Å². The Morgan fingerprint density at radius 1 is 1.35 bits per heavy atom. The van der Waals surface area contributed by atoms with Crippen LogP contribution in [0.15, 0.2) is 4.52 Å². The van der Waals surface area contributed by atoms with E-state index in [4.69, 9.17) is 15.0 Å². The molecule has 1 atom stereocenters. The largest absolute Gasteiger partial charge is 0.378 e. The van der Waals surface area contributed by atoms with Gasteiger partial charge in [0.25, 0.3) is 0 Å². The fraction of sp³-hybridized carbons (Fsp3) is 0.833. The van der Waals surface area contributed by atoms with E-state index in [1.807, 2.05) is 0 Å². The summed E-state index contributed by atoms with van der Waals surface area (Å²) in [6, 6.07) is 0. The van der Waals surface area contributed by atoms with E-state index in [0.717, 1.165) is 44.0 Å². The number of rotatable bonds is 4. The second-order valence-corrected chi connectivity index (χ2v) is 5.19. The van der Waals surface area contributed by atoms with Gasteiger partial charge in [-0.3, -0.25) is 0 Å². The van der Waals surface area contributed by atoms with Gasteiger partial charge in [-0.15, -0.1) is 0 Å². The predicted molar refractivity (Wildman–Crippen MR) is 61.6 cm³/mol. The Labute approximate surface area is 101 Å². The first-order valence-electron chi connectivity index (χ1n) is 6.47. The van der Waals surface area contributed by atoms with Crippen LogP contribution >= 0.6 is 0 Å². The molecule has 0 bridgehead atoms. The topological polar surface area (TPSA) is 74.2 Å². The summed E-state index contributed by atoms with van der Waals surface area (Å²) in [5.41, 5.74) is 5.74. The van der Waals surface area contributed by atoms with Crippen LogP contribution in [0, 0.1) is 0 Å². The summed E-state index contributed by atoms with van der Waals surface area (Å²) in [7, 11) is 0. The van der Waals surface area contributed by atoms with E-state index < -0.39 is 0 Å². The summed E-state index contributed by atoms with van der Waals surface area (Å²) >= 11 is 0. The van der Waals surface area contributed by atoms with Crippen LogP contribution in [0.4, 0.5) is 0 Å². The lowest BCUT2D eigenvalue weighted by molar-refractivity contribution is 0.0153. The summed E-state index contributed by atoms with van der Waals surface area (Å²) in [6.45, 7) is 1.47. The van der Waals surface area contributed by atoms with Crippen molar-refractivity contribution < 1.29 is 9.26 Å². The molecule has 1 unspecified atom stereocenters. The first kappa shape index (κ1) is 11.2. The van der Waals surface area contributed by atoms with Gasteiger partial charge in [0.05, 0.1) is 11.5 Å². The average Bonchev–Trinajstić information content (AvgIpc) is 3.05. The molecule has 94 valence electrons. The Kier molecular flexibility index (Phi) is 2.88. The van der Waals surface area contributed by atoms with Gasteiger partial charge < -0.3 is 15.0 Å². The second-order valence-electron chi connectivity index (χ2n) is 5.19. The maximum Gasteiger partial charge on any atom is 0.234 e. The highest BCUT2D eigenvalue weighted by Crippen LogP contribution is 2.46. The lowest BCUT2D eigenvalue weighted by atomic mass is 10.1. The van der Waals surface area contributed by atoms with Gasteiger partial charge in [-0.25, -0.2) is 0 Å². The van der Waals surface area contributed by atoms with E-state index in [1.165, 1.54) is 12.8 Å². The van der Waals surface area contributed by atoms with Crippen molar-refractivity contribution in [3.63, 3.8) is 0 Å². The van der Waals surface area contributed by atoms with Gasteiger partial charge >= 0.3 is 0 Å². The highest BCUT2D eigenvalue weighted by Gasteiger charge is 2.48. The van der Waals surface area contributed by atoms with E-state index in [-0.39, 0.29) is 11.5 Å². The van der Waals surface area contributed by atoms with Crippen molar-refractivity contribution in [1.82, 2.24) is 10.1 Å². The molecular weight excluding hydrogens is 218 g/mol. The van der Waals surface area contributed by atoms with E-state index in [2.05, 4.69) is 10.1 Å². The average molecular weight is 237 g/mol. The Morgan fingerprint density at radius 3 is 2.88 bits per heavy atom. The van der Waals surface area contributed by atoms with Crippen LogP contribution in [0.2, 0.25) is 0 Å². The monoisotopic (exact) mass is 237 g/mol. The predicted octanol–water partition coefficient (Wildman–Crippen LogP) is 1.17. The summed E-state index contributed by atoms with van der Waals surface area (Å²) in [5, 5.41) is 4.04. The van der Waals surface area contributed by atoms with Crippen molar-refractivity contribution >= 4 is 0 Å². The molecule has 1 saturated heterocycles. The highest BCUT2D eigenvalue weighted by atomic mass is 16.5. The molecule has 1 aromatic rings. The summed E-state index contributed by atoms with van der Waals surface area (Å²) < 4.78 is 11.0. The zero-order valence-corrected chi connectivity index (χ0v) is 10.0. The molecule has 5 nitrogen and oxygen atoms in total. The molecule has 0 radical (unpaired) electrons. The van der Waals surface area contributed by atoms with Crippen LogP contribution in [0.1, 0.15) is 43.8 Å². The molecule has 1 aliphatic carbocycles. The third-order valence-corrected chi connectivity index (χ3v) is 3.85. The van der Waals surface area contributed by atoms with E-state index in [1.54, 1.807) is 0 Å². The molecule has 1 aliphatic heterocycles. The molecule has 0 spiro atoms. The van der Waals surface area contributed by atoms with Crippen LogP contribution in [0.3, 0.4) is 0 Å². The van der Waals surface area contributed by atoms with Crippen LogP contribution in [-0.4, -0.2) is 29.4 Å². The fourth-order valence-corrected chi connectivity index (χ4v) is 2.38. The number of ether oxygens (including phenoxy) is 1. The molecular formula is C12H19N3O2. The molecule has 17 heavy (non-hydrogen) atoms. The molecule has 1 saturated carbocycles. The van der Waals surface area contributed by atoms with Gasteiger partial charge in [-0.1, -0.05) is 5.16 Å². The number of nitrogens with zero attached hydrogens (tertiary/aromatic N) is 2. The van der Waals surface area contributed by atoms with Gasteiger partial charge in [0, 0.05) is 19.6 Å². The minimum absolute atomic E-state index is 0.00132. The molecule has 2 fully saturated rings. The van der Waals surface area contributed by atoms with Crippen molar-refractivity contribution in [1.29, 1.82) is 0 Å². The maximum absolute atomic E-state index is 5.74. The maximum atomic E-state index is 5.74. The molecule has 5 heteroatoms. The summed E-state index contributed by atoms with van der Waals surface area (Å²) in [6.07, 6.45) is 6.70. The van der Waals surface area contributed by atoms with Gasteiger partial charge in [0.15, 0.2) is 5.82 Å². The normalized spacial score (nSPS) is 27.0. The molecule has 0 amide bonds. The fourth-order valence-electron chi connectivity index (χ4n) is 2.38. The smallest absolute Gasteiger partial charge is 0.234 e. The number of aromatic nitrogens is 2. The quantitative estimate of drug-likeness (QED) is 0.851. The second kappa shape index (κ2) is 4.38. The van der Waals surface area contributed by atoms with E-state index in [9.17, 15) is 0 Å². The van der Waals surface area contributed by atoms with Crippen LogP contribution in [0.5, 0.6) is 0 Å². The summed E-state index contributed by atoms with van der Waals surface area (Å²) in [5.74, 6) is 1.50. The number of hydrogen-bond acceptors (Lipinski definition) is 5. The van der Waals surface area contributed by atoms with Gasteiger partial charge in [-0.05, 0) is 32.1 Å². The lowest BCUT2D eigenvalue weighted by Crippen LogP contribution is -2.22. The first-order valence-corrected chi connectivity index (χ1v) is 6.47. The van der Waals surface area contributed by atoms with Gasteiger partial charge in [0.2, 0.25) is 5.89 Å². The number of hydrogen-bond donors (Lipinski definition) is 1. The van der Waals surface area contributed by atoms with Crippen molar-refractivity contribution in [2.24, 2.45) is 5.73 Å². The standard InChI is InChI=1S/C12H19N3O2/c13-8-12(4-5-12)11-14-10(15-17-11)7-9-3-1-2-6-16-9/h9H,1-8,13H2. The molecule has 0 aromatic carbocycles. The molecule has 2 N–H and O–H groups in total. The van der Waals surface area contributed by atoms with Crippen LogP contribution in [0.25, 0.3) is 0 Å². The third kappa shape index (κ3) is 2.21. The van der Waals surface area contributed by atoms with Crippen molar-refractivity contribution in [3.8, 4) is 0 Å². The molecule has 2 heterocycles. The SMILES string of the molecule is NCC1(c2nc(CC3CCCCO3)no2)CC1. The minimum atomic E-state index is -0.00132. The van der Waals surface area contributed by atoms with Crippen molar-refractivity contribution in [2.45, 2.75) is 50.0 Å². The zero-order chi connectivity index (χ0) is 11.7. The molecule has 1 aromatic heterocycles. The summed E-state index contributed by atoms with van der Waals surface area (Å²) in [4.78, 5) is 4.47. The lowest BCUT2D eigenvalue weighted by Gasteiger charge is -2.20. The van der Waals surface area contributed by atoms with Crippen molar-refractivity contribution in [2.75, 3.05) is 13.2 Å². The van der Waals surface area contributed by atoms with E-state index in [0.29, 0.717) is 6.54 Å². The zero-order valence-electron chi connectivity index (χ0n) is 10.0. The Balaban J connectivity index is 1.64. The first-order chi connectivity index (χ1) is 8.32. The van der Waals surface area contributed by atoms with Crippen LogP contribution < -0.4 is 5.73 Å². The molecule has 2 aliphatic rings. The van der Waals surface area contributed by atoms with Gasteiger partial charge in [0.1, 0.15) is 0 Å². The minimum Gasteiger partial charge on any atom is -0.378 e. The number of nitrogens with two attached hydrogens (primary N) is 1. The van der Waals surface area contributed by atoms with Crippen molar-refractivity contribution in [3.05, 3.63) is 11.7 Å². The van der Waals surface area contributed by atoms with Crippen LogP contribution in [-0.2, 0) is 16.6 Å². The van der Waals surface area contributed by atoms with E-state index >= 15 is 0 Å². The Bertz CT molecular complexity index is 381. The third-order valence-electron chi connectivity index (χ3n) is 3.85. The Hall–Kier alpha value is -0.940. The Morgan fingerprint density at radius 2 is 2.24 bits per heavy atom. The highest BCUT2D eigenvalue weighted by molar-refractivity contribution is 5.16. The molecule has 3 rings (SSSR count).